The maximum absolute atomic E-state index is 11.2. The molecule has 120 valence electrons. The Labute approximate surface area is 125 Å². The molecule has 5 heteroatoms. The maximum atomic E-state index is 11.2. The van der Waals surface area contributed by atoms with Crippen LogP contribution in [0.2, 0.25) is 0 Å². The quantitative estimate of drug-likeness (QED) is 0.782. The van der Waals surface area contributed by atoms with Crippen molar-refractivity contribution in [3.8, 4) is 0 Å². The number of rotatable bonds is 3. The third kappa shape index (κ3) is 3.57. The molecule has 0 amide bonds. The van der Waals surface area contributed by atoms with E-state index in [4.69, 9.17) is 14.9 Å². The number of hydrogen-bond acceptors (Lipinski definition) is 3. The molecule has 2 saturated carbocycles. The van der Waals surface area contributed by atoms with Crippen molar-refractivity contribution in [3.05, 3.63) is 0 Å². The van der Waals surface area contributed by atoms with Crippen molar-refractivity contribution in [3.63, 3.8) is 0 Å². The summed E-state index contributed by atoms with van der Waals surface area (Å²) in [6.45, 7) is 1.76. The maximum Gasteiger partial charge on any atom is 0.310 e. The van der Waals surface area contributed by atoms with Gasteiger partial charge < -0.3 is 14.9 Å². The first-order chi connectivity index (χ1) is 10.0. The van der Waals surface area contributed by atoms with Gasteiger partial charge in [0.15, 0.2) is 0 Å². The third-order valence-electron chi connectivity index (χ3n) is 5.30. The summed E-state index contributed by atoms with van der Waals surface area (Å²) in [6.07, 6.45) is 9.93. The number of aliphatic carboxylic acids is 2. The van der Waals surface area contributed by atoms with Crippen LogP contribution >= 0.6 is 0 Å². The summed E-state index contributed by atoms with van der Waals surface area (Å²) < 4.78 is 5.28. The zero-order valence-corrected chi connectivity index (χ0v) is 12.7. The van der Waals surface area contributed by atoms with Crippen molar-refractivity contribution >= 4 is 11.9 Å². The summed E-state index contributed by atoms with van der Waals surface area (Å²) in [5.41, 5.74) is -1.02. The predicted molar refractivity (Wildman–Crippen MR) is 77.1 cm³/mol. The minimum atomic E-state index is -1.02. The van der Waals surface area contributed by atoms with Gasteiger partial charge >= 0.3 is 11.9 Å². The van der Waals surface area contributed by atoms with E-state index in [1.807, 2.05) is 0 Å². The molecule has 2 aliphatic carbocycles. The Kier molecular flexibility index (Phi) is 5.25. The van der Waals surface area contributed by atoms with Gasteiger partial charge in [-0.05, 0) is 32.1 Å². The van der Waals surface area contributed by atoms with Crippen LogP contribution in [0, 0.1) is 11.3 Å². The lowest BCUT2D eigenvalue weighted by Gasteiger charge is -2.37. The normalized spacial score (nSPS) is 37.7. The highest BCUT2D eigenvalue weighted by Gasteiger charge is 2.49. The minimum Gasteiger partial charge on any atom is -0.481 e. The van der Waals surface area contributed by atoms with Crippen LogP contribution in [0.3, 0.4) is 0 Å². The largest absolute Gasteiger partial charge is 0.481 e. The van der Waals surface area contributed by atoms with Gasteiger partial charge in [-0.2, -0.15) is 0 Å². The van der Waals surface area contributed by atoms with Crippen molar-refractivity contribution in [2.45, 2.75) is 76.9 Å². The monoisotopic (exact) mass is 298 g/mol. The lowest BCUT2D eigenvalue weighted by atomic mass is 9.64. The van der Waals surface area contributed by atoms with Gasteiger partial charge in [0.1, 0.15) is 0 Å². The number of carbonyl (C=O) groups is 2. The van der Waals surface area contributed by atoms with Crippen LogP contribution in [0.1, 0.15) is 64.7 Å². The van der Waals surface area contributed by atoms with Crippen LogP contribution < -0.4 is 0 Å². The number of carboxylic acid groups (broad SMARTS) is 2. The topological polar surface area (TPSA) is 87.1 Å². The third-order valence-corrected chi connectivity index (χ3v) is 5.30. The molecule has 3 rings (SSSR count). The molecule has 21 heavy (non-hydrogen) atoms. The summed E-state index contributed by atoms with van der Waals surface area (Å²) in [7, 11) is 0. The summed E-state index contributed by atoms with van der Waals surface area (Å²) in [6, 6.07) is 0. The molecule has 0 spiro atoms. The second-order valence-electron chi connectivity index (χ2n) is 6.45. The molecule has 3 fully saturated rings. The molecule has 3 aliphatic rings. The molecule has 4 atom stereocenters. The first-order valence-electron chi connectivity index (χ1n) is 8.13. The van der Waals surface area contributed by atoms with E-state index >= 15 is 0 Å². The van der Waals surface area contributed by atoms with E-state index in [9.17, 15) is 9.59 Å². The van der Waals surface area contributed by atoms with E-state index < -0.39 is 23.3 Å². The minimum absolute atomic E-state index is 0.402. The van der Waals surface area contributed by atoms with Gasteiger partial charge in [0.05, 0.1) is 23.5 Å². The smallest absolute Gasteiger partial charge is 0.310 e. The lowest BCUT2D eigenvalue weighted by molar-refractivity contribution is -0.166. The Hall–Kier alpha value is -1.10. The standard InChI is InChI=1S/C10H16O4.C6H10O/c1-2-10(9(13)14)6-4-3-5-7(10)8(11)12;1-2-4-6-5(3-1)7-6/h7H,2-6H2,1H3,(H,11,12)(H,13,14);5-6H,1-4H2. The summed E-state index contributed by atoms with van der Waals surface area (Å²) >= 11 is 0. The van der Waals surface area contributed by atoms with Gasteiger partial charge in [0.25, 0.3) is 0 Å². The molecule has 0 aromatic rings. The van der Waals surface area contributed by atoms with Crippen LogP contribution in [0.15, 0.2) is 0 Å². The van der Waals surface area contributed by atoms with Gasteiger partial charge in [-0.1, -0.05) is 32.6 Å². The highest BCUT2D eigenvalue weighted by Crippen LogP contribution is 2.44. The molecule has 0 radical (unpaired) electrons. The van der Waals surface area contributed by atoms with Gasteiger partial charge in [0, 0.05) is 0 Å². The summed E-state index contributed by atoms with van der Waals surface area (Å²) in [4.78, 5) is 22.1. The number of fused-ring (bicyclic) bond motifs is 1. The zero-order chi connectivity index (χ0) is 15.5. The Bertz CT molecular complexity index is 384. The lowest BCUT2D eigenvalue weighted by Crippen LogP contribution is -2.44. The van der Waals surface area contributed by atoms with E-state index in [-0.39, 0.29) is 0 Å². The molecule has 0 aromatic heterocycles. The first kappa shape index (κ1) is 16.3. The van der Waals surface area contributed by atoms with E-state index in [2.05, 4.69) is 0 Å². The molecule has 2 N–H and O–H groups in total. The Balaban J connectivity index is 0.000000189. The Morgan fingerprint density at radius 1 is 1.05 bits per heavy atom. The van der Waals surface area contributed by atoms with Gasteiger partial charge in [0.2, 0.25) is 0 Å². The fraction of sp³-hybridized carbons (Fsp3) is 0.875. The SMILES string of the molecule is C1CCC2OC2C1.CCC1(C(=O)O)CCCCC1C(=O)O. The van der Waals surface area contributed by atoms with E-state index in [0.29, 0.717) is 31.5 Å². The molecule has 1 saturated heterocycles. The number of epoxide rings is 1. The molecule has 0 aromatic carbocycles. The van der Waals surface area contributed by atoms with E-state index in [0.717, 1.165) is 12.8 Å². The molecular formula is C16H26O5. The zero-order valence-electron chi connectivity index (χ0n) is 12.7. The molecule has 5 nitrogen and oxygen atoms in total. The highest BCUT2D eigenvalue weighted by molar-refractivity contribution is 5.83. The van der Waals surface area contributed by atoms with Gasteiger partial charge in [-0.3, -0.25) is 9.59 Å². The number of carboxylic acids is 2. The fourth-order valence-electron chi connectivity index (χ4n) is 3.81. The molecular weight excluding hydrogens is 272 g/mol. The van der Waals surface area contributed by atoms with Crippen LogP contribution in [-0.4, -0.2) is 34.4 Å². The van der Waals surface area contributed by atoms with Crippen molar-refractivity contribution in [2.24, 2.45) is 11.3 Å². The van der Waals surface area contributed by atoms with Crippen LogP contribution in [-0.2, 0) is 14.3 Å². The van der Waals surface area contributed by atoms with E-state index in [1.54, 1.807) is 6.92 Å². The second-order valence-corrected chi connectivity index (χ2v) is 6.45. The summed E-state index contributed by atoms with van der Waals surface area (Å²) in [5.74, 6) is -2.63. The van der Waals surface area contributed by atoms with Gasteiger partial charge in [-0.25, -0.2) is 0 Å². The van der Waals surface area contributed by atoms with Crippen molar-refractivity contribution in [2.75, 3.05) is 0 Å². The van der Waals surface area contributed by atoms with Crippen molar-refractivity contribution < 1.29 is 24.5 Å². The average Bonchev–Trinajstić information content (AvgIpc) is 3.26. The number of hydrogen-bond donors (Lipinski definition) is 2. The molecule has 4 unspecified atom stereocenters. The summed E-state index contributed by atoms with van der Waals surface area (Å²) in [5, 5.41) is 18.1. The predicted octanol–water partition coefficient (Wildman–Crippen LogP) is 3.07. The second kappa shape index (κ2) is 6.77. The van der Waals surface area contributed by atoms with Crippen LogP contribution in [0.4, 0.5) is 0 Å². The molecule has 0 bridgehead atoms. The van der Waals surface area contributed by atoms with Crippen molar-refractivity contribution in [1.29, 1.82) is 0 Å². The average molecular weight is 298 g/mol. The molecule has 1 heterocycles. The molecule has 1 aliphatic heterocycles. The highest BCUT2D eigenvalue weighted by atomic mass is 16.6. The van der Waals surface area contributed by atoms with Crippen LogP contribution in [0.5, 0.6) is 0 Å². The van der Waals surface area contributed by atoms with E-state index in [1.165, 1.54) is 25.7 Å². The first-order valence-corrected chi connectivity index (χ1v) is 8.13. The fourth-order valence-corrected chi connectivity index (χ4v) is 3.81. The van der Waals surface area contributed by atoms with Crippen molar-refractivity contribution in [1.82, 2.24) is 0 Å². The Morgan fingerprint density at radius 3 is 2.00 bits per heavy atom. The van der Waals surface area contributed by atoms with Gasteiger partial charge in [-0.15, -0.1) is 0 Å². The van der Waals surface area contributed by atoms with Crippen LogP contribution in [0.25, 0.3) is 0 Å². The Morgan fingerprint density at radius 2 is 1.62 bits per heavy atom. The number of ether oxygens (including phenoxy) is 1.